The molecule has 0 aromatic carbocycles. The van der Waals surface area contributed by atoms with Gasteiger partial charge in [-0.25, -0.2) is 18.4 Å². The quantitative estimate of drug-likeness (QED) is 0.620. The van der Waals surface area contributed by atoms with E-state index < -0.39 is 9.84 Å². The molecule has 2 atom stereocenters. The summed E-state index contributed by atoms with van der Waals surface area (Å²) in [5.41, 5.74) is 0. The van der Waals surface area contributed by atoms with Gasteiger partial charge in [-0.1, -0.05) is 18.9 Å². The molecule has 1 saturated carbocycles. The van der Waals surface area contributed by atoms with Crippen LogP contribution in [0.2, 0.25) is 0 Å². The van der Waals surface area contributed by atoms with E-state index in [2.05, 4.69) is 16.5 Å². The van der Waals surface area contributed by atoms with E-state index in [1.165, 1.54) is 12.4 Å². The van der Waals surface area contributed by atoms with Crippen LogP contribution in [0.25, 0.3) is 0 Å². The number of hydrogen-bond donors (Lipinski definition) is 0. The average molecular weight is 266 g/mol. The van der Waals surface area contributed by atoms with Crippen LogP contribution in [0.15, 0.2) is 36.3 Å². The Morgan fingerprint density at radius 1 is 1.28 bits per heavy atom. The summed E-state index contributed by atoms with van der Waals surface area (Å²) in [5, 5.41) is -0.391. The Morgan fingerprint density at radius 3 is 2.61 bits per heavy atom. The van der Waals surface area contributed by atoms with Crippen molar-refractivity contribution in [3.63, 3.8) is 0 Å². The van der Waals surface area contributed by atoms with E-state index in [1.54, 1.807) is 6.07 Å². The maximum atomic E-state index is 12.5. The fourth-order valence-electron chi connectivity index (χ4n) is 2.63. The summed E-state index contributed by atoms with van der Waals surface area (Å²) in [6.07, 6.45) is 9.23. The highest BCUT2D eigenvalue weighted by molar-refractivity contribution is 7.91. The van der Waals surface area contributed by atoms with Crippen molar-refractivity contribution in [2.45, 2.75) is 42.5 Å². The minimum atomic E-state index is -3.40. The van der Waals surface area contributed by atoms with Gasteiger partial charge in [0.25, 0.3) is 0 Å². The van der Waals surface area contributed by atoms with Gasteiger partial charge >= 0.3 is 0 Å². The van der Waals surface area contributed by atoms with Gasteiger partial charge in [-0.3, -0.25) is 0 Å². The lowest BCUT2D eigenvalue weighted by Gasteiger charge is -2.29. The van der Waals surface area contributed by atoms with E-state index >= 15 is 0 Å². The number of hydrogen-bond acceptors (Lipinski definition) is 4. The first-order valence-electron chi connectivity index (χ1n) is 6.28. The lowest BCUT2D eigenvalue weighted by Crippen LogP contribution is -2.33. The van der Waals surface area contributed by atoms with Crippen molar-refractivity contribution in [2.75, 3.05) is 0 Å². The molecule has 0 unspecified atom stereocenters. The summed E-state index contributed by atoms with van der Waals surface area (Å²) < 4.78 is 25.0. The van der Waals surface area contributed by atoms with E-state index in [0.717, 1.165) is 25.7 Å². The standard InChI is InChI=1S/C13H18N2O2S/c1-2-6-11-7-3-4-8-12(11)18(16,17)13-14-9-5-10-15-13/h2,5,9-12H,1,3-4,6-8H2/t11-,12-/m0/s1. The lowest BCUT2D eigenvalue weighted by atomic mass is 9.86. The first-order chi connectivity index (χ1) is 8.66. The zero-order valence-corrected chi connectivity index (χ0v) is 11.1. The third-order valence-corrected chi connectivity index (χ3v) is 5.64. The molecule has 18 heavy (non-hydrogen) atoms. The second-order valence-electron chi connectivity index (χ2n) is 4.68. The Hall–Kier alpha value is -1.23. The largest absolute Gasteiger partial charge is 0.247 e. The fraction of sp³-hybridized carbons (Fsp3) is 0.538. The van der Waals surface area contributed by atoms with Crippen molar-refractivity contribution in [1.82, 2.24) is 9.97 Å². The lowest BCUT2D eigenvalue weighted by molar-refractivity contribution is 0.358. The van der Waals surface area contributed by atoms with Crippen LogP contribution in [-0.4, -0.2) is 23.6 Å². The maximum Gasteiger partial charge on any atom is 0.247 e. The Kier molecular flexibility index (Phi) is 4.11. The Bertz CT molecular complexity index is 499. The highest BCUT2D eigenvalue weighted by Crippen LogP contribution is 2.34. The van der Waals surface area contributed by atoms with Gasteiger partial charge in [0.15, 0.2) is 0 Å². The van der Waals surface area contributed by atoms with E-state index in [0.29, 0.717) is 6.42 Å². The molecular weight excluding hydrogens is 248 g/mol. The molecule has 1 aliphatic carbocycles. The molecular formula is C13H18N2O2S. The Balaban J connectivity index is 2.30. The number of aromatic nitrogens is 2. The molecule has 0 N–H and O–H groups in total. The maximum absolute atomic E-state index is 12.5. The van der Waals surface area contributed by atoms with Crippen molar-refractivity contribution in [1.29, 1.82) is 0 Å². The monoisotopic (exact) mass is 266 g/mol. The highest BCUT2D eigenvalue weighted by atomic mass is 32.2. The molecule has 2 rings (SSSR count). The first-order valence-corrected chi connectivity index (χ1v) is 7.82. The van der Waals surface area contributed by atoms with Crippen LogP contribution >= 0.6 is 0 Å². The molecule has 1 aromatic rings. The number of allylic oxidation sites excluding steroid dienone is 1. The molecule has 1 fully saturated rings. The van der Waals surface area contributed by atoms with Gasteiger partial charge in [0.2, 0.25) is 15.0 Å². The fourth-order valence-corrected chi connectivity index (χ4v) is 4.55. The SMILES string of the molecule is C=CC[C@H]1CCCC[C@@H]1S(=O)(=O)c1ncccn1. The van der Waals surface area contributed by atoms with E-state index in [9.17, 15) is 8.42 Å². The number of rotatable bonds is 4. The van der Waals surface area contributed by atoms with Crippen LogP contribution in [0.1, 0.15) is 32.1 Å². The van der Waals surface area contributed by atoms with Gasteiger partial charge in [0.05, 0.1) is 5.25 Å². The molecule has 5 heteroatoms. The second kappa shape index (κ2) is 5.61. The van der Waals surface area contributed by atoms with Crippen molar-refractivity contribution < 1.29 is 8.42 Å². The molecule has 1 heterocycles. The molecule has 0 saturated heterocycles. The van der Waals surface area contributed by atoms with Crippen molar-refractivity contribution >= 4 is 9.84 Å². The summed E-state index contributed by atoms with van der Waals surface area (Å²) in [5.74, 6) is 0.157. The molecule has 4 nitrogen and oxygen atoms in total. The topological polar surface area (TPSA) is 59.9 Å². The van der Waals surface area contributed by atoms with Crippen LogP contribution in [0, 0.1) is 5.92 Å². The zero-order chi connectivity index (χ0) is 13.0. The molecule has 0 aliphatic heterocycles. The Morgan fingerprint density at radius 2 is 1.94 bits per heavy atom. The van der Waals surface area contributed by atoms with Gasteiger partial charge in [-0.15, -0.1) is 6.58 Å². The predicted octanol–water partition coefficient (Wildman–Crippen LogP) is 2.39. The zero-order valence-electron chi connectivity index (χ0n) is 10.3. The van der Waals surface area contributed by atoms with Crippen molar-refractivity contribution in [3.8, 4) is 0 Å². The molecule has 1 aromatic heterocycles. The van der Waals surface area contributed by atoms with Crippen LogP contribution < -0.4 is 0 Å². The second-order valence-corrected chi connectivity index (χ2v) is 6.74. The molecule has 0 bridgehead atoms. The van der Waals surface area contributed by atoms with Crippen LogP contribution in [0.4, 0.5) is 0 Å². The molecule has 0 spiro atoms. The molecule has 98 valence electrons. The predicted molar refractivity (Wildman–Crippen MR) is 69.8 cm³/mol. The summed E-state index contributed by atoms with van der Waals surface area (Å²) in [7, 11) is -3.40. The van der Waals surface area contributed by atoms with Crippen LogP contribution in [-0.2, 0) is 9.84 Å². The molecule has 0 amide bonds. The third-order valence-electron chi connectivity index (χ3n) is 3.50. The third kappa shape index (κ3) is 2.61. The van der Waals surface area contributed by atoms with Gasteiger partial charge in [0.1, 0.15) is 0 Å². The normalized spacial score (nSPS) is 24.7. The average Bonchev–Trinajstić information content (AvgIpc) is 2.41. The minimum Gasteiger partial charge on any atom is -0.227 e. The molecule has 0 radical (unpaired) electrons. The first kappa shape index (κ1) is 13.2. The van der Waals surface area contributed by atoms with E-state index in [-0.39, 0.29) is 16.3 Å². The van der Waals surface area contributed by atoms with Gasteiger partial charge in [-0.05, 0) is 31.2 Å². The summed E-state index contributed by atoms with van der Waals surface area (Å²) in [6.45, 7) is 3.72. The van der Waals surface area contributed by atoms with Crippen molar-refractivity contribution in [3.05, 3.63) is 31.1 Å². The summed E-state index contributed by atoms with van der Waals surface area (Å²) in [6, 6.07) is 1.63. The van der Waals surface area contributed by atoms with Crippen molar-refractivity contribution in [2.24, 2.45) is 5.92 Å². The molecule has 1 aliphatic rings. The smallest absolute Gasteiger partial charge is 0.227 e. The Labute approximate surface area is 108 Å². The van der Waals surface area contributed by atoms with Gasteiger partial charge < -0.3 is 0 Å². The summed E-state index contributed by atoms with van der Waals surface area (Å²) in [4.78, 5) is 7.79. The van der Waals surface area contributed by atoms with Crippen LogP contribution in [0.3, 0.4) is 0 Å². The van der Waals surface area contributed by atoms with E-state index in [4.69, 9.17) is 0 Å². The van der Waals surface area contributed by atoms with Gasteiger partial charge in [-0.2, -0.15) is 0 Å². The highest BCUT2D eigenvalue weighted by Gasteiger charge is 2.37. The minimum absolute atomic E-state index is 0.0361. The van der Waals surface area contributed by atoms with E-state index in [1.807, 2.05) is 6.08 Å². The number of nitrogens with zero attached hydrogens (tertiary/aromatic N) is 2. The van der Waals surface area contributed by atoms with Gasteiger partial charge in [0, 0.05) is 12.4 Å². The number of sulfone groups is 1. The van der Waals surface area contributed by atoms with Crippen LogP contribution in [0.5, 0.6) is 0 Å². The summed E-state index contributed by atoms with van der Waals surface area (Å²) >= 11 is 0.